The van der Waals surface area contributed by atoms with Crippen molar-refractivity contribution in [3.05, 3.63) is 48.3 Å². The molecule has 1 fully saturated rings. The third-order valence-corrected chi connectivity index (χ3v) is 6.20. The molecule has 2 amide bonds. The average molecular weight is 503 g/mol. The van der Waals surface area contributed by atoms with Gasteiger partial charge in [-0.2, -0.15) is 13.2 Å². The van der Waals surface area contributed by atoms with Crippen LogP contribution >= 0.6 is 0 Å². The minimum absolute atomic E-state index is 0.151. The molecule has 0 atom stereocenters. The van der Waals surface area contributed by atoms with Crippen LogP contribution in [0.15, 0.2) is 41.3 Å². The van der Waals surface area contributed by atoms with Crippen molar-refractivity contribution in [3.8, 4) is 11.1 Å². The lowest BCUT2D eigenvalue weighted by Crippen LogP contribution is -2.36. The van der Waals surface area contributed by atoms with Crippen molar-refractivity contribution in [1.29, 1.82) is 0 Å². The highest BCUT2D eigenvalue weighted by molar-refractivity contribution is 6.02. The third kappa shape index (κ3) is 4.10. The van der Waals surface area contributed by atoms with Crippen molar-refractivity contribution < 1.29 is 26.9 Å². The number of halogens is 4. The monoisotopic (exact) mass is 503 g/mol. The van der Waals surface area contributed by atoms with Gasteiger partial charge >= 0.3 is 12.2 Å². The van der Waals surface area contributed by atoms with Crippen molar-refractivity contribution in [1.82, 2.24) is 19.7 Å². The second-order valence-electron chi connectivity index (χ2n) is 9.11. The fourth-order valence-electron chi connectivity index (χ4n) is 3.78. The molecule has 0 saturated heterocycles. The van der Waals surface area contributed by atoms with Crippen molar-refractivity contribution in [2.24, 2.45) is 0 Å². The molecule has 0 bridgehead atoms. The Kier molecular flexibility index (Phi) is 5.38. The molecule has 5 rings (SSSR count). The normalized spacial score (nSPS) is 14.3. The predicted molar refractivity (Wildman–Crippen MR) is 124 cm³/mol. The van der Waals surface area contributed by atoms with E-state index >= 15 is 0 Å². The molecule has 0 unspecified atom stereocenters. The summed E-state index contributed by atoms with van der Waals surface area (Å²) in [5.41, 5.74) is 5.08. The molecule has 36 heavy (non-hydrogen) atoms. The molecule has 3 aromatic heterocycles. The van der Waals surface area contributed by atoms with E-state index < -0.39 is 29.1 Å². The molecule has 9 nitrogen and oxygen atoms in total. The number of alkyl halides is 3. The minimum Gasteiger partial charge on any atom is -0.383 e. The van der Waals surface area contributed by atoms with E-state index in [1.165, 1.54) is 18.5 Å². The van der Waals surface area contributed by atoms with Crippen LogP contribution in [0.3, 0.4) is 0 Å². The number of nitrogens with zero attached hydrogens (tertiary/aromatic N) is 4. The molecule has 13 heteroatoms. The third-order valence-electron chi connectivity index (χ3n) is 6.20. The summed E-state index contributed by atoms with van der Waals surface area (Å²) in [4.78, 5) is 20.7. The van der Waals surface area contributed by atoms with Crippen LogP contribution in [0.2, 0.25) is 0 Å². The minimum atomic E-state index is -4.57. The molecule has 4 aromatic rings. The summed E-state index contributed by atoms with van der Waals surface area (Å²) in [5.74, 6) is -0.779. The Morgan fingerprint density at radius 1 is 1.17 bits per heavy atom. The molecule has 4 N–H and O–H groups in total. The molecule has 0 aliphatic heterocycles. The van der Waals surface area contributed by atoms with E-state index in [2.05, 4.69) is 25.8 Å². The highest BCUT2D eigenvalue weighted by Crippen LogP contribution is 2.42. The summed E-state index contributed by atoms with van der Waals surface area (Å²) in [6.07, 6.45) is 0.704. The van der Waals surface area contributed by atoms with Gasteiger partial charge in [-0.15, -0.1) is 0 Å². The topological polar surface area (TPSA) is 124 Å². The van der Waals surface area contributed by atoms with E-state index in [9.17, 15) is 22.4 Å². The second-order valence-corrected chi connectivity index (χ2v) is 9.11. The summed E-state index contributed by atoms with van der Waals surface area (Å²) in [5, 5.41) is 8.53. The fourth-order valence-corrected chi connectivity index (χ4v) is 3.78. The Balaban J connectivity index is 1.35. The first kappa shape index (κ1) is 23.6. The standard InChI is InChI=1S/C23H21F4N7O2/c1-22(2,23(25,26)27)16-8-17(36-33-16)32-21(35)31-15-6-3-11(7-14(15)24)13-9-34(12-4-5-12)20-18(13)19(28)29-10-30-20/h3,6-10,12H,4-5H2,1-2H3,(H2,28,29,30)(H2,31,32,35). The van der Waals surface area contributed by atoms with Gasteiger partial charge in [0.1, 0.15) is 34.7 Å². The number of benzene rings is 1. The number of anilines is 3. The molecule has 1 saturated carbocycles. The maximum atomic E-state index is 14.9. The number of aromatic nitrogens is 4. The molecule has 3 heterocycles. The van der Waals surface area contributed by atoms with Crippen LogP contribution in [0, 0.1) is 5.82 Å². The average Bonchev–Trinajstić information content (AvgIpc) is 3.39. The first-order chi connectivity index (χ1) is 17.0. The number of hydrogen-bond acceptors (Lipinski definition) is 6. The van der Waals surface area contributed by atoms with Gasteiger partial charge in [0.25, 0.3) is 0 Å². The van der Waals surface area contributed by atoms with Gasteiger partial charge in [-0.1, -0.05) is 11.2 Å². The Hall–Kier alpha value is -4.16. The predicted octanol–water partition coefficient (Wildman–Crippen LogP) is 5.63. The van der Waals surface area contributed by atoms with E-state index in [-0.39, 0.29) is 17.4 Å². The number of nitrogens with one attached hydrogen (secondary N) is 2. The first-order valence-corrected chi connectivity index (χ1v) is 11.0. The number of nitrogen functional groups attached to an aromatic ring is 1. The molecule has 1 aliphatic carbocycles. The van der Waals surface area contributed by atoms with Crippen molar-refractivity contribution in [2.75, 3.05) is 16.4 Å². The Morgan fingerprint density at radius 2 is 1.92 bits per heavy atom. The number of hydrogen-bond donors (Lipinski definition) is 3. The van der Waals surface area contributed by atoms with Crippen LogP contribution in [0.4, 0.5) is 39.7 Å². The number of urea groups is 1. The highest BCUT2D eigenvalue weighted by Gasteiger charge is 2.50. The zero-order valence-corrected chi connectivity index (χ0v) is 19.2. The number of rotatable bonds is 5. The van der Waals surface area contributed by atoms with Crippen LogP contribution in [0.5, 0.6) is 0 Å². The van der Waals surface area contributed by atoms with Crippen LogP contribution in [0.1, 0.15) is 38.4 Å². The van der Waals surface area contributed by atoms with E-state index in [0.717, 1.165) is 32.8 Å². The largest absolute Gasteiger partial charge is 0.399 e. The maximum Gasteiger partial charge on any atom is 0.399 e. The Bertz CT molecular complexity index is 1470. The molecule has 1 aromatic carbocycles. The molecule has 188 valence electrons. The van der Waals surface area contributed by atoms with Gasteiger partial charge in [0.05, 0.1) is 11.1 Å². The molecule has 1 aliphatic rings. The summed E-state index contributed by atoms with van der Waals surface area (Å²) < 4.78 is 61.3. The van der Waals surface area contributed by atoms with E-state index in [1.807, 2.05) is 10.8 Å². The van der Waals surface area contributed by atoms with E-state index in [0.29, 0.717) is 28.2 Å². The summed E-state index contributed by atoms with van der Waals surface area (Å²) >= 11 is 0. The summed E-state index contributed by atoms with van der Waals surface area (Å²) in [6, 6.07) is 4.57. The van der Waals surface area contributed by atoms with Gasteiger partial charge in [0.15, 0.2) is 0 Å². The van der Waals surface area contributed by atoms with E-state index in [1.54, 1.807) is 6.07 Å². The van der Waals surface area contributed by atoms with Gasteiger partial charge in [-0.05, 0) is 44.4 Å². The lowest BCUT2D eigenvalue weighted by molar-refractivity contribution is -0.181. The number of amides is 2. The molecular weight excluding hydrogens is 482 g/mol. The van der Waals surface area contributed by atoms with E-state index in [4.69, 9.17) is 10.3 Å². The second kappa shape index (κ2) is 8.21. The maximum absolute atomic E-state index is 14.9. The molecular formula is C23H21F4N7O2. The number of fused-ring (bicyclic) bond motifs is 1. The van der Waals surface area contributed by atoms with Crippen LogP contribution in [-0.4, -0.2) is 31.9 Å². The van der Waals surface area contributed by atoms with Crippen LogP contribution in [-0.2, 0) is 5.41 Å². The SMILES string of the molecule is CC(C)(c1cc(NC(=O)Nc2ccc(-c3cn(C4CC4)c4ncnc(N)c34)cc2F)on1)C(F)(F)F. The lowest BCUT2D eigenvalue weighted by atomic mass is 9.89. The number of carbonyl (C=O) groups is 1. The summed E-state index contributed by atoms with van der Waals surface area (Å²) in [6.45, 7) is 1.88. The Labute approximate surface area is 201 Å². The highest BCUT2D eigenvalue weighted by atomic mass is 19.4. The smallest absolute Gasteiger partial charge is 0.383 e. The number of nitrogens with two attached hydrogens (primary N) is 1. The van der Waals surface area contributed by atoms with Gasteiger partial charge in [0.2, 0.25) is 5.88 Å². The van der Waals surface area contributed by atoms with Crippen LogP contribution < -0.4 is 16.4 Å². The molecule has 0 spiro atoms. The van der Waals surface area contributed by atoms with Gasteiger partial charge in [-0.25, -0.2) is 19.2 Å². The van der Waals surface area contributed by atoms with Crippen LogP contribution in [0.25, 0.3) is 22.2 Å². The Morgan fingerprint density at radius 3 is 2.58 bits per heavy atom. The van der Waals surface area contributed by atoms with Gasteiger partial charge in [0, 0.05) is 23.9 Å². The first-order valence-electron chi connectivity index (χ1n) is 11.0. The quantitative estimate of drug-likeness (QED) is 0.304. The zero-order chi connectivity index (χ0) is 25.8. The van der Waals surface area contributed by atoms with Crippen molar-refractivity contribution in [2.45, 2.75) is 44.3 Å². The fraction of sp³-hybridized carbons (Fsp3) is 0.304. The van der Waals surface area contributed by atoms with Crippen molar-refractivity contribution >= 4 is 34.5 Å². The number of carbonyl (C=O) groups excluding carboxylic acids is 1. The van der Waals surface area contributed by atoms with Gasteiger partial charge in [-0.3, -0.25) is 5.32 Å². The van der Waals surface area contributed by atoms with Crippen molar-refractivity contribution in [3.63, 3.8) is 0 Å². The van der Waals surface area contributed by atoms with Gasteiger partial charge < -0.3 is 20.1 Å². The summed E-state index contributed by atoms with van der Waals surface area (Å²) in [7, 11) is 0. The zero-order valence-electron chi connectivity index (χ0n) is 19.2. The lowest BCUT2D eigenvalue weighted by Gasteiger charge is -2.24. The molecule has 0 radical (unpaired) electrons.